The molecule has 0 N–H and O–H groups in total. The minimum absolute atomic E-state index is 0.0354. The summed E-state index contributed by atoms with van der Waals surface area (Å²) in [4.78, 5) is 9.78. The molecule has 1 unspecified atom stereocenters. The average molecular weight is 304 g/mol. The van der Waals surface area contributed by atoms with Crippen molar-refractivity contribution in [3.63, 3.8) is 0 Å². The van der Waals surface area contributed by atoms with Crippen LogP contribution in [0.4, 0.5) is 0 Å². The van der Waals surface area contributed by atoms with Crippen molar-refractivity contribution in [2.75, 3.05) is 26.9 Å². The minimum atomic E-state index is -0.351. The second kappa shape index (κ2) is 12.4. The summed E-state index contributed by atoms with van der Waals surface area (Å²) < 4.78 is 17.4. The summed E-state index contributed by atoms with van der Waals surface area (Å²) in [5.41, 5.74) is 0. The highest BCUT2D eigenvalue weighted by Gasteiger charge is 2.37. The van der Waals surface area contributed by atoms with E-state index in [1.165, 1.54) is 32.8 Å². The molecule has 1 heterocycles. The summed E-state index contributed by atoms with van der Waals surface area (Å²) in [6.07, 6.45) is 7.32. The molecule has 5 nitrogen and oxygen atoms in total. The SMILES string of the molecule is CCCCCOC[C@H]1OC(OOC)C[C@@H]1OCCCCC. The standard InChI is InChI=1S/C16H32O5/c1-4-6-8-10-18-13-15-14(19-11-9-7-5-2)12-16(20-15)21-17-3/h14-16H,4-13H2,1-3H3/t14-,15+,16?/m0/s1. The first-order valence-corrected chi connectivity index (χ1v) is 8.36. The molecule has 3 atom stereocenters. The van der Waals surface area contributed by atoms with Crippen molar-refractivity contribution in [2.24, 2.45) is 0 Å². The van der Waals surface area contributed by atoms with Gasteiger partial charge in [-0.15, -0.1) is 0 Å². The second-order valence-corrected chi connectivity index (χ2v) is 5.50. The van der Waals surface area contributed by atoms with Gasteiger partial charge in [0.2, 0.25) is 0 Å². The number of ether oxygens (including phenoxy) is 3. The number of rotatable bonds is 13. The van der Waals surface area contributed by atoms with E-state index in [0.29, 0.717) is 13.0 Å². The van der Waals surface area contributed by atoms with E-state index in [4.69, 9.17) is 24.0 Å². The van der Waals surface area contributed by atoms with Crippen LogP contribution in [0.1, 0.15) is 58.8 Å². The average Bonchev–Trinajstić information content (AvgIpc) is 2.86. The molecule has 0 spiro atoms. The van der Waals surface area contributed by atoms with Crippen molar-refractivity contribution in [3.8, 4) is 0 Å². The van der Waals surface area contributed by atoms with Crippen LogP contribution in [0.25, 0.3) is 0 Å². The Morgan fingerprint density at radius 1 is 1.00 bits per heavy atom. The van der Waals surface area contributed by atoms with E-state index >= 15 is 0 Å². The maximum atomic E-state index is 5.93. The minimum Gasteiger partial charge on any atom is -0.379 e. The molecule has 1 aliphatic rings. The smallest absolute Gasteiger partial charge is 0.194 e. The van der Waals surface area contributed by atoms with Crippen LogP contribution >= 0.6 is 0 Å². The van der Waals surface area contributed by atoms with Crippen LogP contribution in [0.5, 0.6) is 0 Å². The topological polar surface area (TPSA) is 46.2 Å². The van der Waals surface area contributed by atoms with Gasteiger partial charge >= 0.3 is 0 Å². The van der Waals surface area contributed by atoms with Gasteiger partial charge in [-0.25, -0.2) is 9.78 Å². The second-order valence-electron chi connectivity index (χ2n) is 5.50. The van der Waals surface area contributed by atoms with Gasteiger partial charge in [0.1, 0.15) is 6.10 Å². The molecular formula is C16H32O5. The molecule has 0 amide bonds. The zero-order valence-corrected chi connectivity index (χ0v) is 13.8. The molecule has 1 fully saturated rings. The van der Waals surface area contributed by atoms with Crippen molar-refractivity contribution < 1.29 is 24.0 Å². The van der Waals surface area contributed by atoms with Gasteiger partial charge in [0.25, 0.3) is 0 Å². The van der Waals surface area contributed by atoms with Crippen LogP contribution in [-0.4, -0.2) is 45.4 Å². The highest BCUT2D eigenvalue weighted by atomic mass is 17.2. The van der Waals surface area contributed by atoms with Gasteiger partial charge in [-0.1, -0.05) is 39.5 Å². The highest BCUT2D eigenvalue weighted by molar-refractivity contribution is 4.79. The molecule has 5 heteroatoms. The van der Waals surface area contributed by atoms with Crippen LogP contribution in [0.15, 0.2) is 0 Å². The first-order valence-electron chi connectivity index (χ1n) is 8.36. The molecular weight excluding hydrogens is 272 g/mol. The van der Waals surface area contributed by atoms with Gasteiger partial charge in [0.05, 0.1) is 19.8 Å². The van der Waals surface area contributed by atoms with Gasteiger partial charge in [-0.3, -0.25) is 0 Å². The molecule has 1 rings (SSSR count). The highest BCUT2D eigenvalue weighted by Crippen LogP contribution is 2.25. The lowest BCUT2D eigenvalue weighted by Crippen LogP contribution is -2.29. The maximum absolute atomic E-state index is 5.93. The van der Waals surface area contributed by atoms with E-state index in [1.807, 2.05) is 0 Å². The van der Waals surface area contributed by atoms with E-state index in [2.05, 4.69) is 13.8 Å². The summed E-state index contributed by atoms with van der Waals surface area (Å²) >= 11 is 0. The molecule has 0 saturated carbocycles. The van der Waals surface area contributed by atoms with E-state index < -0.39 is 0 Å². The monoisotopic (exact) mass is 304 g/mol. The summed E-state index contributed by atoms with van der Waals surface area (Å²) in [6.45, 7) is 6.49. The first-order chi connectivity index (χ1) is 10.3. The van der Waals surface area contributed by atoms with Crippen LogP contribution in [0, 0.1) is 0 Å². The van der Waals surface area contributed by atoms with Crippen molar-refractivity contribution in [1.29, 1.82) is 0 Å². The lowest BCUT2D eigenvalue weighted by molar-refractivity contribution is -0.359. The zero-order chi connectivity index (χ0) is 15.3. The molecule has 0 bridgehead atoms. The van der Waals surface area contributed by atoms with Crippen LogP contribution in [0.2, 0.25) is 0 Å². The Morgan fingerprint density at radius 3 is 2.38 bits per heavy atom. The first kappa shape index (κ1) is 18.8. The van der Waals surface area contributed by atoms with Gasteiger partial charge in [0, 0.05) is 19.6 Å². The number of hydrogen-bond acceptors (Lipinski definition) is 5. The molecule has 0 aromatic rings. The van der Waals surface area contributed by atoms with E-state index in [1.54, 1.807) is 0 Å². The Hall–Kier alpha value is -0.200. The van der Waals surface area contributed by atoms with Crippen molar-refractivity contribution in [2.45, 2.75) is 77.3 Å². The third-order valence-electron chi connectivity index (χ3n) is 3.62. The van der Waals surface area contributed by atoms with Gasteiger partial charge in [-0.05, 0) is 12.8 Å². The molecule has 0 aliphatic carbocycles. The number of unbranched alkanes of at least 4 members (excludes halogenated alkanes) is 4. The van der Waals surface area contributed by atoms with E-state index in [0.717, 1.165) is 26.1 Å². The Bertz CT molecular complexity index is 237. The van der Waals surface area contributed by atoms with Gasteiger partial charge in [0.15, 0.2) is 6.29 Å². The molecule has 1 saturated heterocycles. The molecule has 0 aromatic carbocycles. The largest absolute Gasteiger partial charge is 0.379 e. The maximum Gasteiger partial charge on any atom is 0.194 e. The zero-order valence-electron chi connectivity index (χ0n) is 13.8. The molecule has 0 radical (unpaired) electrons. The quantitative estimate of drug-likeness (QED) is 0.296. The summed E-state index contributed by atoms with van der Waals surface area (Å²) in [7, 11) is 1.50. The third-order valence-corrected chi connectivity index (χ3v) is 3.62. The normalized spacial score (nSPS) is 25.6. The fraction of sp³-hybridized carbons (Fsp3) is 1.00. The Labute approximate surface area is 129 Å². The third kappa shape index (κ3) is 8.12. The predicted octanol–water partition coefficient (Wildman–Crippen LogP) is 3.46. The fourth-order valence-electron chi connectivity index (χ4n) is 2.41. The Balaban J connectivity index is 2.25. The van der Waals surface area contributed by atoms with E-state index in [9.17, 15) is 0 Å². The summed E-state index contributed by atoms with van der Waals surface area (Å²) in [6, 6.07) is 0. The van der Waals surface area contributed by atoms with Crippen molar-refractivity contribution >= 4 is 0 Å². The number of hydrogen-bond donors (Lipinski definition) is 0. The molecule has 0 aromatic heterocycles. The Kier molecular flexibility index (Phi) is 11.1. The van der Waals surface area contributed by atoms with Crippen LogP contribution in [0.3, 0.4) is 0 Å². The lowest BCUT2D eigenvalue weighted by atomic mass is 10.2. The Morgan fingerprint density at radius 2 is 1.71 bits per heavy atom. The van der Waals surface area contributed by atoms with Crippen LogP contribution < -0.4 is 0 Å². The molecule has 126 valence electrons. The predicted molar refractivity (Wildman–Crippen MR) is 81.0 cm³/mol. The van der Waals surface area contributed by atoms with E-state index in [-0.39, 0.29) is 18.5 Å². The summed E-state index contributed by atoms with van der Waals surface area (Å²) in [5.74, 6) is 0. The van der Waals surface area contributed by atoms with Gasteiger partial charge < -0.3 is 14.2 Å². The lowest BCUT2D eigenvalue weighted by Gasteiger charge is -2.18. The van der Waals surface area contributed by atoms with Crippen molar-refractivity contribution in [3.05, 3.63) is 0 Å². The fourth-order valence-corrected chi connectivity index (χ4v) is 2.41. The molecule has 1 aliphatic heterocycles. The summed E-state index contributed by atoms with van der Waals surface area (Å²) in [5, 5.41) is 0. The van der Waals surface area contributed by atoms with Crippen LogP contribution in [-0.2, 0) is 24.0 Å². The van der Waals surface area contributed by atoms with Gasteiger partial charge in [-0.2, -0.15) is 0 Å². The van der Waals surface area contributed by atoms with Crippen molar-refractivity contribution in [1.82, 2.24) is 0 Å². The molecule has 21 heavy (non-hydrogen) atoms.